The van der Waals surface area contributed by atoms with Gasteiger partial charge >= 0.3 is 0 Å². The summed E-state index contributed by atoms with van der Waals surface area (Å²) < 4.78 is 24.5. The molecule has 0 aliphatic rings. The van der Waals surface area contributed by atoms with E-state index in [1.165, 1.54) is 0 Å². The average Bonchev–Trinajstić information content (AvgIpc) is 2.32. The molecule has 0 saturated carbocycles. The fraction of sp³-hybridized carbons (Fsp3) is 0.692. The number of halogens is 2. The van der Waals surface area contributed by atoms with Crippen LogP contribution in [0, 0.1) is 0 Å². The third-order valence-corrected chi connectivity index (χ3v) is 2.39. The van der Waals surface area contributed by atoms with Crippen LogP contribution in [0.4, 0.5) is 20.4 Å². The zero-order chi connectivity index (χ0) is 14.5. The van der Waals surface area contributed by atoms with Gasteiger partial charge in [-0.15, -0.1) is 0 Å². The van der Waals surface area contributed by atoms with Crippen LogP contribution in [0.3, 0.4) is 0 Å². The molecule has 2 N–H and O–H groups in total. The number of hydrogen-bond acceptors (Lipinski definition) is 4. The molecule has 108 valence electrons. The Kier molecular flexibility index (Phi) is 5.44. The lowest BCUT2D eigenvalue weighted by Gasteiger charge is -2.19. The van der Waals surface area contributed by atoms with Gasteiger partial charge in [0.15, 0.2) is 0 Å². The molecule has 1 rings (SSSR count). The fourth-order valence-electron chi connectivity index (χ4n) is 1.40. The first-order chi connectivity index (χ1) is 8.82. The number of nitrogens with one attached hydrogen (secondary N) is 2. The highest BCUT2D eigenvalue weighted by atomic mass is 19.3. The Hall–Kier alpha value is -1.46. The maximum Gasteiger partial charge on any atom is 0.255 e. The molecular formula is C13H22F2N4. The van der Waals surface area contributed by atoms with Crippen molar-refractivity contribution in [3.63, 3.8) is 0 Å². The molecule has 0 saturated heterocycles. The Morgan fingerprint density at radius 1 is 1.16 bits per heavy atom. The lowest BCUT2D eigenvalue weighted by atomic mass is 9.96. The third kappa shape index (κ3) is 5.36. The number of anilines is 2. The van der Waals surface area contributed by atoms with Crippen molar-refractivity contribution in [3.8, 4) is 0 Å². The van der Waals surface area contributed by atoms with E-state index in [0.29, 0.717) is 17.5 Å². The molecule has 0 bridgehead atoms. The summed E-state index contributed by atoms with van der Waals surface area (Å²) in [6, 6.07) is 1.66. The summed E-state index contributed by atoms with van der Waals surface area (Å²) in [4.78, 5) is 8.71. The quantitative estimate of drug-likeness (QED) is 0.834. The van der Waals surface area contributed by atoms with Gasteiger partial charge < -0.3 is 10.6 Å². The highest BCUT2D eigenvalue weighted by Crippen LogP contribution is 2.22. The van der Waals surface area contributed by atoms with Gasteiger partial charge in [-0.2, -0.15) is 0 Å². The summed E-state index contributed by atoms with van der Waals surface area (Å²) in [6.45, 7) is 8.39. The van der Waals surface area contributed by atoms with Crippen molar-refractivity contribution in [1.29, 1.82) is 0 Å². The Morgan fingerprint density at radius 3 is 2.21 bits per heavy atom. The van der Waals surface area contributed by atoms with Gasteiger partial charge in [0, 0.05) is 18.0 Å². The summed E-state index contributed by atoms with van der Waals surface area (Å²) in [6.07, 6.45) is -1.44. The normalized spacial score (nSPS) is 11.7. The van der Waals surface area contributed by atoms with Crippen LogP contribution < -0.4 is 10.6 Å². The van der Waals surface area contributed by atoms with Crippen molar-refractivity contribution in [3.05, 3.63) is 11.9 Å². The lowest BCUT2D eigenvalue weighted by molar-refractivity contribution is 0.163. The monoisotopic (exact) mass is 272 g/mol. The van der Waals surface area contributed by atoms with Crippen LogP contribution in [0.5, 0.6) is 0 Å². The predicted octanol–water partition coefficient (Wildman–Crippen LogP) is 3.27. The highest BCUT2D eigenvalue weighted by Gasteiger charge is 2.19. The lowest BCUT2D eigenvalue weighted by Crippen LogP contribution is -2.20. The van der Waals surface area contributed by atoms with Gasteiger partial charge in [-0.05, 0) is 6.42 Å². The van der Waals surface area contributed by atoms with Crippen molar-refractivity contribution in [2.75, 3.05) is 23.7 Å². The minimum absolute atomic E-state index is 0.231. The second-order valence-electron chi connectivity index (χ2n) is 5.41. The van der Waals surface area contributed by atoms with E-state index in [-0.39, 0.29) is 5.41 Å². The molecule has 1 heterocycles. The second-order valence-corrected chi connectivity index (χ2v) is 5.41. The van der Waals surface area contributed by atoms with Crippen molar-refractivity contribution in [2.24, 2.45) is 0 Å². The van der Waals surface area contributed by atoms with Crippen LogP contribution in [-0.2, 0) is 5.41 Å². The average molecular weight is 272 g/mol. The molecule has 0 fully saturated rings. The molecule has 0 amide bonds. The topological polar surface area (TPSA) is 49.8 Å². The van der Waals surface area contributed by atoms with Gasteiger partial charge in [-0.1, -0.05) is 27.7 Å². The predicted molar refractivity (Wildman–Crippen MR) is 74.0 cm³/mol. The van der Waals surface area contributed by atoms with Crippen LogP contribution in [0.1, 0.15) is 39.9 Å². The van der Waals surface area contributed by atoms with E-state index in [4.69, 9.17) is 0 Å². The summed E-state index contributed by atoms with van der Waals surface area (Å²) in [5.74, 6) is 1.72. The van der Waals surface area contributed by atoms with E-state index in [9.17, 15) is 8.78 Å². The fourth-order valence-corrected chi connectivity index (χ4v) is 1.40. The zero-order valence-electron chi connectivity index (χ0n) is 11.9. The summed E-state index contributed by atoms with van der Waals surface area (Å²) in [5.41, 5.74) is -0.231. The second kappa shape index (κ2) is 6.63. The first kappa shape index (κ1) is 15.6. The number of rotatable bonds is 6. The molecule has 1 aromatic heterocycles. The Labute approximate surface area is 113 Å². The first-order valence-electron chi connectivity index (χ1n) is 6.48. The van der Waals surface area contributed by atoms with E-state index >= 15 is 0 Å². The SMILES string of the molecule is CCCNc1cc(NCC(F)F)nc(C(C)(C)C)n1. The first-order valence-corrected chi connectivity index (χ1v) is 6.48. The van der Waals surface area contributed by atoms with Gasteiger partial charge in [-0.25, -0.2) is 18.7 Å². The van der Waals surface area contributed by atoms with E-state index in [1.54, 1.807) is 6.07 Å². The van der Waals surface area contributed by atoms with Gasteiger partial charge in [0.2, 0.25) is 0 Å². The number of hydrogen-bond donors (Lipinski definition) is 2. The minimum Gasteiger partial charge on any atom is -0.370 e. The largest absolute Gasteiger partial charge is 0.370 e. The Morgan fingerprint density at radius 2 is 1.74 bits per heavy atom. The summed E-state index contributed by atoms with van der Waals surface area (Å²) in [7, 11) is 0. The number of alkyl halides is 2. The Balaban J connectivity index is 2.95. The molecule has 0 aliphatic carbocycles. The number of nitrogens with zero attached hydrogens (tertiary/aromatic N) is 2. The van der Waals surface area contributed by atoms with Crippen LogP contribution in [0.2, 0.25) is 0 Å². The molecule has 0 radical (unpaired) electrons. The highest BCUT2D eigenvalue weighted by molar-refractivity contribution is 5.48. The van der Waals surface area contributed by atoms with E-state index in [2.05, 4.69) is 27.5 Å². The van der Waals surface area contributed by atoms with E-state index in [0.717, 1.165) is 13.0 Å². The molecular weight excluding hydrogens is 250 g/mol. The summed E-state index contributed by atoms with van der Waals surface area (Å²) >= 11 is 0. The third-order valence-electron chi connectivity index (χ3n) is 2.39. The van der Waals surface area contributed by atoms with Crippen LogP contribution in [0.15, 0.2) is 6.07 Å². The van der Waals surface area contributed by atoms with Crippen LogP contribution in [-0.4, -0.2) is 29.5 Å². The molecule has 4 nitrogen and oxygen atoms in total. The minimum atomic E-state index is -2.40. The maximum absolute atomic E-state index is 12.2. The van der Waals surface area contributed by atoms with Crippen molar-refractivity contribution < 1.29 is 8.78 Å². The molecule has 0 unspecified atom stereocenters. The smallest absolute Gasteiger partial charge is 0.255 e. The molecule has 6 heteroatoms. The summed E-state index contributed by atoms with van der Waals surface area (Å²) in [5, 5.41) is 5.79. The van der Waals surface area contributed by atoms with Crippen LogP contribution in [0.25, 0.3) is 0 Å². The standard InChI is InChI=1S/C13H22F2N4/c1-5-6-16-10-7-11(17-8-9(14)15)19-12(18-10)13(2,3)4/h7,9H,5-6,8H2,1-4H3,(H2,16,17,18,19). The van der Waals surface area contributed by atoms with Gasteiger partial charge in [0.25, 0.3) is 6.43 Å². The molecule has 0 atom stereocenters. The van der Waals surface area contributed by atoms with Crippen LogP contribution >= 0.6 is 0 Å². The van der Waals surface area contributed by atoms with Crippen molar-refractivity contribution in [2.45, 2.75) is 46.0 Å². The van der Waals surface area contributed by atoms with Crippen molar-refractivity contribution >= 4 is 11.6 Å². The molecule has 19 heavy (non-hydrogen) atoms. The van der Waals surface area contributed by atoms with Gasteiger partial charge in [0.1, 0.15) is 17.5 Å². The van der Waals surface area contributed by atoms with Crippen molar-refractivity contribution in [1.82, 2.24) is 9.97 Å². The maximum atomic E-state index is 12.2. The van der Waals surface area contributed by atoms with Gasteiger partial charge in [-0.3, -0.25) is 0 Å². The van der Waals surface area contributed by atoms with Gasteiger partial charge in [0.05, 0.1) is 6.54 Å². The molecule has 1 aromatic rings. The molecule has 0 aromatic carbocycles. The Bertz CT molecular complexity index is 402. The zero-order valence-corrected chi connectivity index (χ0v) is 11.9. The van der Waals surface area contributed by atoms with E-state index < -0.39 is 13.0 Å². The van der Waals surface area contributed by atoms with E-state index in [1.807, 2.05) is 20.8 Å². The molecule has 0 aliphatic heterocycles. The molecule has 0 spiro atoms. The number of aromatic nitrogens is 2.